The third-order valence-electron chi connectivity index (χ3n) is 3.51. The largest absolute Gasteiger partial charge is 0.316 e. The van der Waals surface area contributed by atoms with E-state index in [1.54, 1.807) is 0 Å². The van der Waals surface area contributed by atoms with Gasteiger partial charge in [0, 0.05) is 12.8 Å². The van der Waals surface area contributed by atoms with E-state index in [-0.39, 0.29) is 0 Å². The molecule has 0 aliphatic carbocycles. The van der Waals surface area contributed by atoms with Crippen molar-refractivity contribution < 1.29 is 4.79 Å². The van der Waals surface area contributed by atoms with Gasteiger partial charge in [0.1, 0.15) is 5.78 Å². The molecule has 1 aliphatic rings. The minimum absolute atomic E-state index is 0.378. The van der Waals surface area contributed by atoms with Crippen molar-refractivity contribution in [2.24, 2.45) is 5.92 Å². The van der Waals surface area contributed by atoms with Gasteiger partial charge in [0.2, 0.25) is 0 Å². The highest BCUT2D eigenvalue weighted by Crippen LogP contribution is 2.14. The van der Waals surface area contributed by atoms with Gasteiger partial charge in [-0.05, 0) is 43.0 Å². The van der Waals surface area contributed by atoms with Crippen LogP contribution in [0.15, 0.2) is 24.3 Å². The van der Waals surface area contributed by atoms with E-state index in [0.29, 0.717) is 18.1 Å². The first kappa shape index (κ1) is 12.3. The summed E-state index contributed by atoms with van der Waals surface area (Å²) >= 11 is 0. The molecule has 0 bridgehead atoms. The van der Waals surface area contributed by atoms with Crippen molar-refractivity contribution in [3.8, 4) is 0 Å². The maximum Gasteiger partial charge on any atom is 0.137 e. The number of carbonyl (C=O) groups excluding carboxylic acids is 1. The molecular formula is C15H21NO. The summed E-state index contributed by atoms with van der Waals surface area (Å²) in [7, 11) is 0. The summed E-state index contributed by atoms with van der Waals surface area (Å²) in [5.74, 6) is 0.945. The number of Topliss-reactive ketones (excluding diaryl/α,β-unsaturated/α-hetero) is 1. The molecule has 1 unspecified atom stereocenters. The molecule has 0 radical (unpaired) electrons. The number of ketones is 1. The van der Waals surface area contributed by atoms with Crippen LogP contribution in [0.5, 0.6) is 0 Å². The Hall–Kier alpha value is -1.15. The predicted molar refractivity (Wildman–Crippen MR) is 70.1 cm³/mol. The third kappa shape index (κ3) is 3.67. The Balaban J connectivity index is 1.84. The average Bonchev–Trinajstić information content (AvgIpc) is 2.82. The Kier molecular flexibility index (Phi) is 4.32. The van der Waals surface area contributed by atoms with Crippen LogP contribution in [-0.2, 0) is 17.6 Å². The lowest BCUT2D eigenvalue weighted by Gasteiger charge is -2.07. The van der Waals surface area contributed by atoms with Crippen LogP contribution in [0.3, 0.4) is 0 Å². The minimum Gasteiger partial charge on any atom is -0.316 e. The van der Waals surface area contributed by atoms with Crippen molar-refractivity contribution in [1.29, 1.82) is 0 Å². The normalized spacial score (nSPS) is 19.5. The molecule has 1 aromatic rings. The first-order valence-electron chi connectivity index (χ1n) is 6.58. The maximum absolute atomic E-state index is 11.9. The summed E-state index contributed by atoms with van der Waals surface area (Å²) < 4.78 is 0. The van der Waals surface area contributed by atoms with Gasteiger partial charge in [-0.2, -0.15) is 0 Å². The number of aryl methyl sites for hydroxylation is 1. The molecule has 1 aromatic carbocycles. The molecule has 0 aromatic heterocycles. The Morgan fingerprint density at radius 2 is 2.00 bits per heavy atom. The fourth-order valence-corrected chi connectivity index (χ4v) is 2.40. The van der Waals surface area contributed by atoms with E-state index in [9.17, 15) is 4.79 Å². The van der Waals surface area contributed by atoms with Gasteiger partial charge in [0.15, 0.2) is 0 Å². The van der Waals surface area contributed by atoms with Crippen LogP contribution in [0, 0.1) is 5.92 Å². The summed E-state index contributed by atoms with van der Waals surface area (Å²) in [6, 6.07) is 8.42. The van der Waals surface area contributed by atoms with E-state index >= 15 is 0 Å². The van der Waals surface area contributed by atoms with Crippen LogP contribution < -0.4 is 5.32 Å². The van der Waals surface area contributed by atoms with E-state index in [4.69, 9.17) is 0 Å². The standard InChI is InChI=1S/C15H21NO/c1-2-12-3-5-13(6-4-12)9-15(17)10-14-7-8-16-11-14/h3-6,14,16H,2,7-11H2,1H3. The van der Waals surface area contributed by atoms with Gasteiger partial charge in [-0.15, -0.1) is 0 Å². The highest BCUT2D eigenvalue weighted by molar-refractivity contribution is 5.81. The third-order valence-corrected chi connectivity index (χ3v) is 3.51. The predicted octanol–water partition coefficient (Wildman–Crippen LogP) is 2.36. The molecule has 2 heteroatoms. The van der Waals surface area contributed by atoms with Crippen LogP contribution in [0.25, 0.3) is 0 Å². The van der Waals surface area contributed by atoms with Crippen molar-refractivity contribution in [2.45, 2.75) is 32.6 Å². The van der Waals surface area contributed by atoms with E-state index in [1.807, 2.05) is 0 Å². The molecule has 1 heterocycles. The first-order chi connectivity index (χ1) is 8.28. The molecule has 1 N–H and O–H groups in total. The summed E-state index contributed by atoms with van der Waals surface area (Å²) in [6.45, 7) is 4.23. The van der Waals surface area contributed by atoms with Gasteiger partial charge < -0.3 is 5.32 Å². The van der Waals surface area contributed by atoms with Gasteiger partial charge in [-0.1, -0.05) is 31.2 Å². The number of benzene rings is 1. The minimum atomic E-state index is 0.378. The van der Waals surface area contributed by atoms with Crippen molar-refractivity contribution in [1.82, 2.24) is 5.32 Å². The monoisotopic (exact) mass is 231 g/mol. The van der Waals surface area contributed by atoms with Crippen molar-refractivity contribution in [2.75, 3.05) is 13.1 Å². The quantitative estimate of drug-likeness (QED) is 0.843. The second-order valence-corrected chi connectivity index (χ2v) is 4.95. The van der Waals surface area contributed by atoms with Crippen molar-refractivity contribution in [3.63, 3.8) is 0 Å². The molecule has 1 fully saturated rings. The van der Waals surface area contributed by atoms with Gasteiger partial charge in [0.05, 0.1) is 0 Å². The first-order valence-corrected chi connectivity index (χ1v) is 6.58. The lowest BCUT2D eigenvalue weighted by Crippen LogP contribution is -2.14. The SMILES string of the molecule is CCc1ccc(CC(=O)CC2CCNC2)cc1. The van der Waals surface area contributed by atoms with Gasteiger partial charge in [-0.3, -0.25) is 4.79 Å². The van der Waals surface area contributed by atoms with E-state index < -0.39 is 0 Å². The lowest BCUT2D eigenvalue weighted by atomic mass is 9.97. The van der Waals surface area contributed by atoms with Gasteiger partial charge in [0.25, 0.3) is 0 Å². The number of hydrogen-bond acceptors (Lipinski definition) is 2. The molecule has 1 aliphatic heterocycles. The molecule has 1 saturated heterocycles. The Bertz CT molecular complexity index is 363. The molecule has 17 heavy (non-hydrogen) atoms. The molecule has 92 valence electrons. The van der Waals surface area contributed by atoms with Crippen LogP contribution in [-0.4, -0.2) is 18.9 Å². The topological polar surface area (TPSA) is 29.1 Å². The average molecular weight is 231 g/mol. The van der Waals surface area contributed by atoms with E-state index in [1.165, 1.54) is 5.56 Å². The second kappa shape index (κ2) is 5.97. The second-order valence-electron chi connectivity index (χ2n) is 4.95. The van der Waals surface area contributed by atoms with Gasteiger partial charge in [-0.25, -0.2) is 0 Å². The smallest absolute Gasteiger partial charge is 0.137 e. The van der Waals surface area contributed by atoms with Crippen LogP contribution in [0.1, 0.15) is 30.9 Å². The van der Waals surface area contributed by atoms with Gasteiger partial charge >= 0.3 is 0 Å². The highest BCUT2D eigenvalue weighted by atomic mass is 16.1. The summed E-state index contributed by atoms with van der Waals surface area (Å²) in [5.41, 5.74) is 2.49. The zero-order chi connectivity index (χ0) is 12.1. The molecular weight excluding hydrogens is 210 g/mol. The Labute approximate surface area is 103 Å². The zero-order valence-electron chi connectivity index (χ0n) is 10.5. The molecule has 0 saturated carbocycles. The summed E-state index contributed by atoms with van der Waals surface area (Å²) in [6.07, 6.45) is 3.55. The van der Waals surface area contributed by atoms with E-state index in [0.717, 1.165) is 37.9 Å². The number of nitrogens with one attached hydrogen (secondary N) is 1. The fourth-order valence-electron chi connectivity index (χ4n) is 2.40. The highest BCUT2D eigenvalue weighted by Gasteiger charge is 2.17. The van der Waals surface area contributed by atoms with Crippen molar-refractivity contribution >= 4 is 5.78 Å². The molecule has 1 atom stereocenters. The lowest BCUT2D eigenvalue weighted by molar-refractivity contribution is -0.119. The van der Waals surface area contributed by atoms with E-state index in [2.05, 4.69) is 36.5 Å². The Morgan fingerprint density at radius 1 is 1.29 bits per heavy atom. The van der Waals surface area contributed by atoms with Crippen LogP contribution >= 0.6 is 0 Å². The van der Waals surface area contributed by atoms with Crippen LogP contribution in [0.4, 0.5) is 0 Å². The number of hydrogen-bond donors (Lipinski definition) is 1. The molecule has 0 spiro atoms. The summed E-state index contributed by atoms with van der Waals surface area (Å²) in [5, 5.41) is 3.30. The molecule has 2 rings (SSSR count). The molecule has 0 amide bonds. The number of rotatable bonds is 5. The molecule has 2 nitrogen and oxygen atoms in total. The van der Waals surface area contributed by atoms with Crippen molar-refractivity contribution in [3.05, 3.63) is 35.4 Å². The Morgan fingerprint density at radius 3 is 2.59 bits per heavy atom. The number of carbonyl (C=O) groups is 1. The summed E-state index contributed by atoms with van der Waals surface area (Å²) in [4.78, 5) is 11.9. The zero-order valence-corrected chi connectivity index (χ0v) is 10.5. The van der Waals surface area contributed by atoms with Crippen LogP contribution in [0.2, 0.25) is 0 Å². The fraction of sp³-hybridized carbons (Fsp3) is 0.533. The maximum atomic E-state index is 11.9.